The van der Waals surface area contributed by atoms with Crippen molar-refractivity contribution in [3.05, 3.63) is 51.8 Å². The van der Waals surface area contributed by atoms with Crippen molar-refractivity contribution in [2.24, 2.45) is 0 Å². The highest BCUT2D eigenvalue weighted by Gasteiger charge is 2.23. The maximum atomic E-state index is 12.5. The number of aromatic nitrogens is 2. The van der Waals surface area contributed by atoms with Crippen LogP contribution in [-0.4, -0.2) is 56.6 Å². The molecule has 0 saturated carbocycles. The minimum absolute atomic E-state index is 0.0300. The summed E-state index contributed by atoms with van der Waals surface area (Å²) in [6.07, 6.45) is 0.342. The molecule has 1 aliphatic heterocycles. The van der Waals surface area contributed by atoms with Crippen LogP contribution in [0.2, 0.25) is 5.02 Å². The lowest BCUT2D eigenvalue weighted by molar-refractivity contribution is -0.130. The third-order valence-electron chi connectivity index (χ3n) is 5.07. The van der Waals surface area contributed by atoms with Crippen LogP contribution < -0.4 is 0 Å². The Morgan fingerprint density at radius 3 is 2.75 bits per heavy atom. The fraction of sp³-hybridized carbons (Fsp3) is 0.450. The van der Waals surface area contributed by atoms with Gasteiger partial charge in [0.2, 0.25) is 5.91 Å². The summed E-state index contributed by atoms with van der Waals surface area (Å²) in [6.45, 7) is 6.29. The average Bonchev–Trinajstić information content (AvgIpc) is 3.19. The van der Waals surface area contributed by atoms with Crippen molar-refractivity contribution in [2.45, 2.75) is 33.4 Å². The van der Waals surface area contributed by atoms with E-state index in [1.165, 1.54) is 11.8 Å². The van der Waals surface area contributed by atoms with Gasteiger partial charge in [-0.3, -0.25) is 14.3 Å². The third-order valence-corrected chi connectivity index (χ3v) is 6.33. The van der Waals surface area contributed by atoms with Gasteiger partial charge in [0.15, 0.2) is 0 Å². The molecule has 8 heteroatoms. The zero-order valence-corrected chi connectivity index (χ0v) is 18.0. The van der Waals surface area contributed by atoms with Crippen LogP contribution in [0.3, 0.4) is 0 Å². The van der Waals surface area contributed by atoms with Crippen LogP contribution in [-0.2, 0) is 17.9 Å². The van der Waals surface area contributed by atoms with Gasteiger partial charge in [0.1, 0.15) is 0 Å². The van der Waals surface area contributed by atoms with Crippen molar-refractivity contribution >= 4 is 34.5 Å². The number of benzene rings is 1. The molecule has 0 atom stereocenters. The summed E-state index contributed by atoms with van der Waals surface area (Å²) < 4.78 is 1.93. The SMILES string of the molecule is Cc1nn(Cc2ccccc2Cl)c(C)c1CN(C)C(=O)CCN1CCSC1=O. The van der Waals surface area contributed by atoms with Crippen molar-refractivity contribution in [3.8, 4) is 0 Å². The van der Waals surface area contributed by atoms with E-state index in [-0.39, 0.29) is 11.1 Å². The molecule has 0 bridgehead atoms. The highest BCUT2D eigenvalue weighted by molar-refractivity contribution is 8.13. The summed E-state index contributed by atoms with van der Waals surface area (Å²) in [5.74, 6) is 0.841. The number of hydrogen-bond acceptors (Lipinski definition) is 4. The molecule has 0 spiro atoms. The van der Waals surface area contributed by atoms with E-state index in [1.54, 1.807) is 16.8 Å². The first-order chi connectivity index (χ1) is 13.4. The molecule has 28 heavy (non-hydrogen) atoms. The van der Waals surface area contributed by atoms with E-state index in [2.05, 4.69) is 5.10 Å². The summed E-state index contributed by atoms with van der Waals surface area (Å²) in [4.78, 5) is 27.6. The van der Waals surface area contributed by atoms with Crippen molar-refractivity contribution in [3.63, 3.8) is 0 Å². The number of thioether (sulfide) groups is 1. The van der Waals surface area contributed by atoms with E-state index in [1.807, 2.05) is 42.8 Å². The van der Waals surface area contributed by atoms with Gasteiger partial charge in [0.05, 0.1) is 12.2 Å². The molecule has 0 N–H and O–H groups in total. The van der Waals surface area contributed by atoms with Crippen LogP contribution in [0.1, 0.15) is 28.9 Å². The maximum absolute atomic E-state index is 12.5. The van der Waals surface area contributed by atoms with E-state index in [9.17, 15) is 9.59 Å². The number of nitrogens with zero attached hydrogens (tertiary/aromatic N) is 4. The number of hydrogen-bond donors (Lipinski definition) is 0. The van der Waals surface area contributed by atoms with E-state index in [0.29, 0.717) is 26.1 Å². The van der Waals surface area contributed by atoms with Gasteiger partial charge in [-0.05, 0) is 25.5 Å². The summed E-state index contributed by atoms with van der Waals surface area (Å²) >= 11 is 7.59. The minimum Gasteiger partial charge on any atom is -0.341 e. The van der Waals surface area contributed by atoms with Gasteiger partial charge >= 0.3 is 0 Å². The number of aryl methyl sites for hydroxylation is 1. The molecular formula is C20H25ClN4O2S. The molecule has 1 aromatic heterocycles. The van der Waals surface area contributed by atoms with Crippen LogP contribution >= 0.6 is 23.4 Å². The zero-order valence-electron chi connectivity index (χ0n) is 16.4. The van der Waals surface area contributed by atoms with Gasteiger partial charge in [0.25, 0.3) is 5.24 Å². The lowest BCUT2D eigenvalue weighted by atomic mass is 10.1. The lowest BCUT2D eigenvalue weighted by Crippen LogP contribution is -2.32. The minimum atomic E-state index is 0.0300. The Morgan fingerprint density at radius 2 is 2.07 bits per heavy atom. The van der Waals surface area contributed by atoms with E-state index in [0.717, 1.165) is 39.8 Å². The molecule has 0 unspecified atom stereocenters. The van der Waals surface area contributed by atoms with Gasteiger partial charge in [-0.25, -0.2) is 0 Å². The molecule has 2 heterocycles. The van der Waals surface area contributed by atoms with Gasteiger partial charge in [0, 0.05) is 55.1 Å². The van der Waals surface area contributed by atoms with Crippen LogP contribution in [0.15, 0.2) is 24.3 Å². The van der Waals surface area contributed by atoms with Gasteiger partial charge in [-0.2, -0.15) is 5.10 Å². The molecule has 3 rings (SSSR count). The monoisotopic (exact) mass is 420 g/mol. The second-order valence-corrected chi connectivity index (χ2v) is 8.45. The largest absolute Gasteiger partial charge is 0.341 e. The van der Waals surface area contributed by atoms with Crippen molar-refractivity contribution in [1.29, 1.82) is 0 Å². The van der Waals surface area contributed by atoms with Crippen LogP contribution in [0.5, 0.6) is 0 Å². The Labute approximate surface area is 174 Å². The molecule has 150 valence electrons. The predicted molar refractivity (Wildman–Crippen MR) is 113 cm³/mol. The van der Waals surface area contributed by atoms with E-state index < -0.39 is 0 Å². The second-order valence-electron chi connectivity index (χ2n) is 7.00. The third kappa shape index (κ3) is 4.70. The normalized spacial score (nSPS) is 14.0. The van der Waals surface area contributed by atoms with Gasteiger partial charge in [-0.15, -0.1) is 0 Å². The zero-order chi connectivity index (χ0) is 20.3. The Balaban J connectivity index is 1.63. The molecule has 6 nitrogen and oxygen atoms in total. The Hall–Kier alpha value is -1.99. The molecule has 0 aliphatic carbocycles. The summed E-state index contributed by atoms with van der Waals surface area (Å²) in [5, 5.41) is 5.44. The van der Waals surface area contributed by atoms with Crippen LogP contribution in [0.4, 0.5) is 4.79 Å². The predicted octanol–water partition coefficient (Wildman–Crippen LogP) is 3.72. The Bertz CT molecular complexity index is 883. The number of amides is 2. The molecule has 0 radical (unpaired) electrons. The summed E-state index contributed by atoms with van der Waals surface area (Å²) in [5.41, 5.74) is 4.01. The van der Waals surface area contributed by atoms with Gasteiger partial charge in [-0.1, -0.05) is 41.6 Å². The number of carbonyl (C=O) groups is 2. The molecule has 1 aliphatic rings. The van der Waals surface area contributed by atoms with Crippen molar-refractivity contribution in [1.82, 2.24) is 19.6 Å². The molecule has 1 aromatic carbocycles. The van der Waals surface area contributed by atoms with Crippen molar-refractivity contribution < 1.29 is 9.59 Å². The molecule has 2 aromatic rings. The fourth-order valence-corrected chi connectivity index (χ4v) is 4.33. The maximum Gasteiger partial charge on any atom is 0.281 e. The number of rotatable bonds is 7. The van der Waals surface area contributed by atoms with Gasteiger partial charge < -0.3 is 9.80 Å². The molecule has 2 amide bonds. The highest BCUT2D eigenvalue weighted by Crippen LogP contribution is 2.21. The van der Waals surface area contributed by atoms with Crippen LogP contribution in [0.25, 0.3) is 0 Å². The first kappa shape index (κ1) is 20.7. The fourth-order valence-electron chi connectivity index (χ4n) is 3.28. The second kappa shape index (κ2) is 9.01. The first-order valence-corrected chi connectivity index (χ1v) is 10.6. The highest BCUT2D eigenvalue weighted by atomic mass is 35.5. The average molecular weight is 421 g/mol. The Morgan fingerprint density at radius 1 is 1.32 bits per heavy atom. The molecule has 1 saturated heterocycles. The number of halogens is 1. The van der Waals surface area contributed by atoms with E-state index >= 15 is 0 Å². The Kier molecular flexibility index (Phi) is 6.67. The first-order valence-electron chi connectivity index (χ1n) is 9.28. The lowest BCUT2D eigenvalue weighted by Gasteiger charge is -2.20. The standard InChI is InChI=1S/C20H25ClN4O2S/c1-14-17(13-23(3)19(26)8-9-24-10-11-28-20(24)27)15(2)25(22-14)12-16-6-4-5-7-18(16)21/h4-7H,8-13H2,1-3H3. The summed E-state index contributed by atoms with van der Waals surface area (Å²) in [6, 6.07) is 7.74. The molecular weight excluding hydrogens is 396 g/mol. The topological polar surface area (TPSA) is 58.4 Å². The number of carbonyl (C=O) groups excluding carboxylic acids is 2. The quantitative estimate of drug-likeness (QED) is 0.685. The van der Waals surface area contributed by atoms with Crippen molar-refractivity contribution in [2.75, 3.05) is 25.9 Å². The van der Waals surface area contributed by atoms with Crippen LogP contribution in [0, 0.1) is 13.8 Å². The van der Waals surface area contributed by atoms with E-state index in [4.69, 9.17) is 11.6 Å². The smallest absolute Gasteiger partial charge is 0.281 e. The molecule has 1 fully saturated rings. The summed E-state index contributed by atoms with van der Waals surface area (Å²) in [7, 11) is 1.80.